The first kappa shape index (κ1) is 47.1. The third kappa shape index (κ3) is 14.6. The SMILES string of the molecule is Nc1ccc(C(=O)Oc2ccc(OC(=O)c3ccc(N)cc3)cc2)cc1.Nc1ccc(Oc2ccc(-c3ccc(Oc4ccc(N)cc4)cc3)cc2)cc1.Nc1ccc(Oc2ccc(N)cc2)cc1. The minimum Gasteiger partial charge on any atom is -0.457 e. The Hall–Kier alpha value is -9.88. The molecule has 0 atom stereocenters. The van der Waals surface area contributed by atoms with Crippen LogP contribution < -0.4 is 58.1 Å². The number of anilines is 6. The van der Waals surface area contributed by atoms with Crippen LogP contribution in [0.25, 0.3) is 11.1 Å². The van der Waals surface area contributed by atoms with Crippen molar-refractivity contribution in [3.8, 4) is 57.1 Å². The highest BCUT2D eigenvalue weighted by atomic mass is 16.5. The van der Waals surface area contributed by atoms with E-state index in [1.807, 2.05) is 121 Å². The lowest BCUT2D eigenvalue weighted by atomic mass is 10.1. The van der Waals surface area contributed by atoms with Crippen molar-refractivity contribution < 1.29 is 33.3 Å². The molecule has 344 valence electrons. The Labute approximate surface area is 399 Å². The van der Waals surface area contributed by atoms with Gasteiger partial charge in [-0.3, -0.25) is 0 Å². The van der Waals surface area contributed by atoms with E-state index in [4.69, 9.17) is 58.1 Å². The maximum absolute atomic E-state index is 12.0. The van der Waals surface area contributed by atoms with Gasteiger partial charge in [0.25, 0.3) is 0 Å². The van der Waals surface area contributed by atoms with Gasteiger partial charge in [-0.25, -0.2) is 9.59 Å². The minimum absolute atomic E-state index is 0.333. The van der Waals surface area contributed by atoms with Gasteiger partial charge in [-0.2, -0.15) is 0 Å². The predicted molar refractivity (Wildman–Crippen MR) is 274 cm³/mol. The van der Waals surface area contributed by atoms with Crippen LogP contribution >= 0.6 is 0 Å². The summed E-state index contributed by atoms with van der Waals surface area (Å²) in [6, 6.07) is 64.1. The van der Waals surface area contributed by atoms with Gasteiger partial charge in [0.05, 0.1) is 11.1 Å². The van der Waals surface area contributed by atoms with E-state index in [0.717, 1.165) is 57.0 Å². The minimum atomic E-state index is -0.503. The van der Waals surface area contributed by atoms with Crippen LogP contribution in [0.5, 0.6) is 46.0 Å². The van der Waals surface area contributed by atoms with E-state index in [9.17, 15) is 9.59 Å². The third-order valence-electron chi connectivity index (χ3n) is 9.81. The Kier molecular flexibility index (Phi) is 15.6. The molecule has 0 bridgehead atoms. The molecule has 0 aromatic heterocycles. The van der Waals surface area contributed by atoms with E-state index in [2.05, 4.69) is 0 Å². The number of esters is 2. The molecule has 0 saturated heterocycles. The van der Waals surface area contributed by atoms with Crippen molar-refractivity contribution in [2.75, 3.05) is 34.4 Å². The summed E-state index contributed by atoms with van der Waals surface area (Å²) in [5.41, 5.74) is 40.7. The fourth-order valence-electron chi connectivity index (χ4n) is 6.13. The number of carbonyl (C=O) groups excluding carboxylic acids is 2. The van der Waals surface area contributed by atoms with E-state index in [0.29, 0.717) is 45.4 Å². The van der Waals surface area contributed by atoms with E-state index in [1.54, 1.807) is 97.1 Å². The van der Waals surface area contributed by atoms with Crippen molar-refractivity contribution in [3.63, 3.8) is 0 Å². The van der Waals surface area contributed by atoms with Crippen LogP contribution in [0.15, 0.2) is 218 Å². The fraction of sp³-hybridized carbons (Fsp3) is 0. The molecule has 0 amide bonds. The summed E-state index contributed by atoms with van der Waals surface area (Å²) in [5.74, 6) is 4.24. The van der Waals surface area contributed by atoms with E-state index in [1.165, 1.54) is 0 Å². The Bertz CT molecular complexity index is 2830. The molecule has 0 unspecified atom stereocenters. The molecule has 69 heavy (non-hydrogen) atoms. The van der Waals surface area contributed by atoms with Crippen molar-refractivity contribution in [2.24, 2.45) is 0 Å². The molecule has 0 aliphatic rings. The third-order valence-corrected chi connectivity index (χ3v) is 9.81. The van der Waals surface area contributed by atoms with E-state index >= 15 is 0 Å². The number of hydrogen-bond acceptors (Lipinski definition) is 13. The summed E-state index contributed by atoms with van der Waals surface area (Å²) in [6.07, 6.45) is 0. The highest BCUT2D eigenvalue weighted by Gasteiger charge is 2.11. The molecule has 9 aromatic rings. The molecule has 0 saturated carbocycles. The predicted octanol–water partition coefficient (Wildman–Crippen LogP) is 12.0. The summed E-state index contributed by atoms with van der Waals surface area (Å²) in [6.45, 7) is 0. The molecule has 9 aromatic carbocycles. The molecule has 13 heteroatoms. The Balaban J connectivity index is 0.000000160. The molecule has 0 aliphatic heterocycles. The van der Waals surface area contributed by atoms with Gasteiger partial charge in [0.2, 0.25) is 0 Å². The monoisotopic (exact) mass is 916 g/mol. The van der Waals surface area contributed by atoms with E-state index < -0.39 is 11.9 Å². The molecular weight excluding hydrogens is 869 g/mol. The second-order valence-corrected chi connectivity index (χ2v) is 15.1. The quantitative estimate of drug-likeness (QED) is 0.0403. The Morgan fingerprint density at radius 2 is 0.406 bits per heavy atom. The van der Waals surface area contributed by atoms with Crippen LogP contribution in [0.4, 0.5) is 34.1 Å². The molecule has 9 rings (SSSR count). The first-order valence-corrected chi connectivity index (χ1v) is 21.3. The summed E-state index contributed by atoms with van der Waals surface area (Å²) in [4.78, 5) is 24.1. The lowest BCUT2D eigenvalue weighted by molar-refractivity contribution is 0.0719. The normalized spacial score (nSPS) is 10.2. The summed E-state index contributed by atoms with van der Waals surface area (Å²) >= 11 is 0. The summed E-state index contributed by atoms with van der Waals surface area (Å²) in [7, 11) is 0. The molecule has 13 nitrogen and oxygen atoms in total. The van der Waals surface area contributed by atoms with Crippen LogP contribution in [0.2, 0.25) is 0 Å². The van der Waals surface area contributed by atoms with Gasteiger partial charge in [0.1, 0.15) is 46.0 Å². The highest BCUT2D eigenvalue weighted by Crippen LogP contribution is 2.30. The first-order valence-electron chi connectivity index (χ1n) is 21.3. The second kappa shape index (κ2) is 22.8. The largest absolute Gasteiger partial charge is 0.457 e. The fourth-order valence-corrected chi connectivity index (χ4v) is 6.13. The molecule has 12 N–H and O–H groups in total. The van der Waals surface area contributed by atoms with Crippen molar-refractivity contribution in [1.82, 2.24) is 0 Å². The van der Waals surface area contributed by atoms with Crippen LogP contribution in [0.1, 0.15) is 20.7 Å². The van der Waals surface area contributed by atoms with Crippen LogP contribution in [0.3, 0.4) is 0 Å². The van der Waals surface area contributed by atoms with Crippen LogP contribution in [-0.4, -0.2) is 11.9 Å². The van der Waals surface area contributed by atoms with Crippen molar-refractivity contribution in [2.45, 2.75) is 0 Å². The summed E-state index contributed by atoms with van der Waals surface area (Å²) < 4.78 is 27.8. The number of rotatable bonds is 11. The smallest absolute Gasteiger partial charge is 0.343 e. The number of nitrogens with two attached hydrogens (primary N) is 6. The maximum atomic E-state index is 12.0. The molecular formula is C56H48N6O7. The zero-order chi connectivity index (χ0) is 48.5. The number of hydrogen-bond donors (Lipinski definition) is 6. The second-order valence-electron chi connectivity index (χ2n) is 15.1. The summed E-state index contributed by atoms with van der Waals surface area (Å²) in [5, 5.41) is 0. The average Bonchev–Trinajstić information content (AvgIpc) is 3.36. The van der Waals surface area contributed by atoms with Crippen molar-refractivity contribution in [3.05, 3.63) is 230 Å². The number of nitrogen functional groups attached to an aromatic ring is 6. The molecule has 0 spiro atoms. The highest BCUT2D eigenvalue weighted by molar-refractivity contribution is 5.92. The van der Waals surface area contributed by atoms with E-state index in [-0.39, 0.29) is 0 Å². The standard InChI is InChI=1S/C24H20N2O2.C20H16N2O4.C12H12N2O/c25-19-5-13-23(14-6-19)27-21-9-1-17(2-10-21)18-3-11-22(12-4-18)28-24-15-7-20(26)8-16-24;21-15-5-1-13(2-6-15)19(23)25-17-9-11-18(12-10-17)26-20(24)14-3-7-16(22)8-4-14;13-9-1-5-11(6-2-9)15-12-7-3-10(14)4-8-12/h1-16H,25-26H2;1-12H,21-22H2;1-8H,13-14H2. The van der Waals surface area contributed by atoms with Gasteiger partial charge < -0.3 is 58.1 Å². The Morgan fingerprint density at radius 3 is 0.623 bits per heavy atom. The average molecular weight is 917 g/mol. The molecule has 0 radical (unpaired) electrons. The van der Waals surface area contributed by atoms with Gasteiger partial charge in [-0.1, -0.05) is 24.3 Å². The Morgan fingerprint density at radius 1 is 0.232 bits per heavy atom. The van der Waals surface area contributed by atoms with Gasteiger partial charge in [0.15, 0.2) is 0 Å². The van der Waals surface area contributed by atoms with Crippen LogP contribution in [-0.2, 0) is 0 Å². The zero-order valence-electron chi connectivity index (χ0n) is 37.1. The van der Waals surface area contributed by atoms with Gasteiger partial charge in [-0.05, 0) is 205 Å². The van der Waals surface area contributed by atoms with Crippen LogP contribution in [0, 0.1) is 0 Å². The number of ether oxygens (including phenoxy) is 5. The number of carbonyl (C=O) groups is 2. The topological polar surface area (TPSA) is 236 Å². The van der Waals surface area contributed by atoms with Gasteiger partial charge in [0, 0.05) is 34.1 Å². The first-order chi connectivity index (χ1) is 33.4. The lowest BCUT2D eigenvalue weighted by Gasteiger charge is -2.09. The zero-order valence-corrected chi connectivity index (χ0v) is 37.1. The molecule has 0 fully saturated rings. The number of benzene rings is 9. The maximum Gasteiger partial charge on any atom is 0.343 e. The van der Waals surface area contributed by atoms with Gasteiger partial charge >= 0.3 is 11.9 Å². The van der Waals surface area contributed by atoms with Gasteiger partial charge in [-0.15, -0.1) is 0 Å². The molecule has 0 aliphatic carbocycles. The van der Waals surface area contributed by atoms with Crippen molar-refractivity contribution in [1.29, 1.82) is 0 Å². The lowest BCUT2D eigenvalue weighted by Crippen LogP contribution is -2.09. The van der Waals surface area contributed by atoms with Crippen molar-refractivity contribution >= 4 is 46.1 Å². The molecule has 0 heterocycles.